The van der Waals surface area contributed by atoms with E-state index in [2.05, 4.69) is 19.4 Å². The number of ether oxygens (including phenoxy) is 2. The minimum atomic E-state index is -3.64. The lowest BCUT2D eigenvalue weighted by Gasteiger charge is -2.04. The van der Waals surface area contributed by atoms with Crippen LogP contribution in [-0.4, -0.2) is 16.3 Å². The van der Waals surface area contributed by atoms with Gasteiger partial charge >= 0.3 is 12.0 Å². The van der Waals surface area contributed by atoms with Crippen molar-refractivity contribution < 1.29 is 18.3 Å². The maximum Gasteiger partial charge on any atom is 0.586 e. The van der Waals surface area contributed by atoms with Crippen LogP contribution in [-0.2, 0) is 0 Å². The van der Waals surface area contributed by atoms with Crippen molar-refractivity contribution in [2.45, 2.75) is 6.29 Å². The Morgan fingerprint density at radius 1 is 1.07 bits per heavy atom. The molecular weight excluding hydrogens is 210 g/mol. The highest BCUT2D eigenvalue weighted by Gasteiger charge is 2.43. The first kappa shape index (κ1) is 8.27. The van der Waals surface area contributed by atoms with E-state index >= 15 is 0 Å². The third-order valence-corrected chi connectivity index (χ3v) is 2.04. The van der Waals surface area contributed by atoms with Gasteiger partial charge in [-0.05, 0) is 0 Å². The van der Waals surface area contributed by atoms with E-state index in [1.165, 1.54) is 12.1 Å². The lowest BCUT2D eigenvalue weighted by molar-refractivity contribution is -0.286. The number of halogens is 2. The molecule has 0 aliphatic carbocycles. The number of alkyl halides is 2. The first-order chi connectivity index (χ1) is 7.03. The maximum absolute atomic E-state index is 12.6. The number of H-pyrrole nitrogens is 2. The Balaban J connectivity index is 2.25. The second-order valence-electron chi connectivity index (χ2n) is 3.09. The average Bonchev–Trinajstić information content (AvgIpc) is 2.55. The molecule has 78 valence electrons. The summed E-state index contributed by atoms with van der Waals surface area (Å²) in [5.74, 6) is -0.189. The summed E-state index contributed by atoms with van der Waals surface area (Å²) in [5, 5.41) is 0. The standard InChI is InChI=1S/C8H4F2N2O3/c9-8(10)14-5-1-3-4(2-6(5)15-8)12-7(13)11-3/h1-2H,(H2,11,12,13). The Kier molecular flexibility index (Phi) is 1.27. The lowest BCUT2D eigenvalue weighted by Crippen LogP contribution is -2.25. The minimum absolute atomic E-state index is 0.0947. The second-order valence-corrected chi connectivity index (χ2v) is 3.09. The highest BCUT2D eigenvalue weighted by molar-refractivity contribution is 5.79. The number of aromatic amines is 2. The Labute approximate surface area is 80.6 Å². The van der Waals surface area contributed by atoms with E-state index in [0.29, 0.717) is 11.0 Å². The third-order valence-electron chi connectivity index (χ3n) is 2.04. The molecular formula is C8H4F2N2O3. The Morgan fingerprint density at radius 3 is 2.00 bits per heavy atom. The minimum Gasteiger partial charge on any atom is -0.395 e. The molecule has 5 nitrogen and oxygen atoms in total. The van der Waals surface area contributed by atoms with Crippen molar-refractivity contribution in [2.75, 3.05) is 0 Å². The number of rotatable bonds is 0. The fourth-order valence-electron chi connectivity index (χ4n) is 1.48. The van der Waals surface area contributed by atoms with Gasteiger partial charge in [0.25, 0.3) is 0 Å². The number of hydrogen-bond donors (Lipinski definition) is 2. The molecule has 15 heavy (non-hydrogen) atoms. The summed E-state index contributed by atoms with van der Waals surface area (Å²) >= 11 is 0. The molecule has 0 spiro atoms. The monoisotopic (exact) mass is 214 g/mol. The van der Waals surface area contributed by atoms with E-state index in [1.54, 1.807) is 0 Å². The molecule has 2 N–H and O–H groups in total. The average molecular weight is 214 g/mol. The molecule has 0 bridgehead atoms. The van der Waals surface area contributed by atoms with Crippen molar-refractivity contribution in [3.8, 4) is 11.5 Å². The third kappa shape index (κ3) is 1.16. The van der Waals surface area contributed by atoms with Crippen LogP contribution in [0.15, 0.2) is 16.9 Å². The highest BCUT2D eigenvalue weighted by atomic mass is 19.3. The largest absolute Gasteiger partial charge is 0.586 e. The summed E-state index contributed by atoms with van der Waals surface area (Å²) in [5.41, 5.74) is 0.362. The van der Waals surface area contributed by atoms with E-state index in [0.717, 1.165) is 0 Å². The molecule has 0 fully saturated rings. The van der Waals surface area contributed by atoms with Crippen LogP contribution in [0, 0.1) is 0 Å². The highest BCUT2D eigenvalue weighted by Crippen LogP contribution is 2.42. The number of hydrogen-bond acceptors (Lipinski definition) is 3. The van der Waals surface area contributed by atoms with Gasteiger partial charge in [0.15, 0.2) is 11.5 Å². The van der Waals surface area contributed by atoms with Crippen molar-refractivity contribution >= 4 is 11.0 Å². The zero-order valence-corrected chi connectivity index (χ0v) is 7.14. The van der Waals surface area contributed by atoms with Crippen molar-refractivity contribution in [3.63, 3.8) is 0 Å². The van der Waals surface area contributed by atoms with Crippen LogP contribution < -0.4 is 15.2 Å². The molecule has 1 aliphatic rings. The fraction of sp³-hybridized carbons (Fsp3) is 0.125. The lowest BCUT2D eigenvalue weighted by atomic mass is 10.3. The summed E-state index contributed by atoms with van der Waals surface area (Å²) < 4.78 is 33.7. The molecule has 1 aliphatic heterocycles. The summed E-state index contributed by atoms with van der Waals surface area (Å²) in [6, 6.07) is 2.56. The van der Waals surface area contributed by atoms with Gasteiger partial charge in [-0.3, -0.25) is 0 Å². The summed E-state index contributed by atoms with van der Waals surface area (Å²) in [6.45, 7) is 0. The zero-order chi connectivity index (χ0) is 10.6. The molecule has 0 saturated heterocycles. The van der Waals surface area contributed by atoms with Gasteiger partial charge in [-0.1, -0.05) is 0 Å². The topological polar surface area (TPSA) is 67.1 Å². The van der Waals surface area contributed by atoms with Crippen LogP contribution >= 0.6 is 0 Å². The van der Waals surface area contributed by atoms with Crippen LogP contribution in [0.1, 0.15) is 0 Å². The predicted molar refractivity (Wildman–Crippen MR) is 45.1 cm³/mol. The molecule has 3 rings (SSSR count). The van der Waals surface area contributed by atoms with Gasteiger partial charge < -0.3 is 19.4 Å². The second kappa shape index (κ2) is 2.30. The molecule has 0 unspecified atom stereocenters. The first-order valence-electron chi connectivity index (χ1n) is 4.05. The van der Waals surface area contributed by atoms with E-state index in [9.17, 15) is 13.6 Å². The van der Waals surface area contributed by atoms with Crippen LogP contribution in [0.4, 0.5) is 8.78 Å². The summed E-state index contributed by atoms with van der Waals surface area (Å²) in [6.07, 6.45) is -3.64. The Bertz CT molecular complexity index is 553. The molecule has 0 amide bonds. The molecule has 0 saturated carbocycles. The molecule has 2 aromatic rings. The van der Waals surface area contributed by atoms with Gasteiger partial charge in [-0.25, -0.2) is 4.79 Å². The molecule has 2 heterocycles. The number of aromatic nitrogens is 2. The number of nitrogens with one attached hydrogen (secondary N) is 2. The smallest absolute Gasteiger partial charge is 0.395 e. The molecule has 1 aromatic carbocycles. The van der Waals surface area contributed by atoms with Gasteiger partial charge in [-0.15, -0.1) is 8.78 Å². The summed E-state index contributed by atoms with van der Waals surface area (Å²) in [7, 11) is 0. The van der Waals surface area contributed by atoms with E-state index in [1.807, 2.05) is 0 Å². The van der Waals surface area contributed by atoms with Crippen LogP contribution in [0.5, 0.6) is 11.5 Å². The molecule has 7 heteroatoms. The fourth-order valence-corrected chi connectivity index (χ4v) is 1.48. The van der Waals surface area contributed by atoms with Gasteiger partial charge in [0.2, 0.25) is 0 Å². The quantitative estimate of drug-likeness (QED) is 0.691. The SMILES string of the molecule is O=c1[nH]c2cc3c(cc2[nH]1)OC(F)(F)O3. The first-order valence-corrected chi connectivity index (χ1v) is 4.05. The van der Waals surface area contributed by atoms with E-state index in [4.69, 9.17) is 0 Å². The van der Waals surface area contributed by atoms with Crippen molar-refractivity contribution in [1.82, 2.24) is 9.97 Å². The zero-order valence-electron chi connectivity index (χ0n) is 7.14. The maximum atomic E-state index is 12.6. The van der Waals surface area contributed by atoms with E-state index < -0.39 is 12.0 Å². The van der Waals surface area contributed by atoms with Gasteiger partial charge in [-0.2, -0.15) is 0 Å². The number of benzene rings is 1. The van der Waals surface area contributed by atoms with Gasteiger partial charge in [0, 0.05) is 12.1 Å². The van der Waals surface area contributed by atoms with Crippen molar-refractivity contribution in [2.24, 2.45) is 0 Å². The van der Waals surface area contributed by atoms with Gasteiger partial charge in [0.1, 0.15) is 0 Å². The van der Waals surface area contributed by atoms with E-state index in [-0.39, 0.29) is 11.5 Å². The number of imidazole rings is 1. The van der Waals surface area contributed by atoms with Crippen molar-refractivity contribution in [1.29, 1.82) is 0 Å². The predicted octanol–water partition coefficient (Wildman–Crippen LogP) is 1.18. The molecule has 1 aromatic heterocycles. The van der Waals surface area contributed by atoms with Gasteiger partial charge in [0.05, 0.1) is 11.0 Å². The normalized spacial score (nSPS) is 17.2. The van der Waals surface area contributed by atoms with Crippen LogP contribution in [0.25, 0.3) is 11.0 Å². The summed E-state index contributed by atoms with van der Waals surface area (Å²) in [4.78, 5) is 15.8. The Hall–Kier alpha value is -2.05. The van der Waals surface area contributed by atoms with Crippen LogP contribution in [0.3, 0.4) is 0 Å². The Morgan fingerprint density at radius 2 is 1.53 bits per heavy atom. The van der Waals surface area contributed by atoms with Crippen molar-refractivity contribution in [3.05, 3.63) is 22.6 Å². The molecule has 0 radical (unpaired) electrons. The molecule has 0 atom stereocenters. The van der Waals surface area contributed by atoms with Crippen LogP contribution in [0.2, 0.25) is 0 Å². The number of fused-ring (bicyclic) bond motifs is 2.